The molecule has 3 nitrogen and oxygen atoms in total. The second kappa shape index (κ2) is 7.58. The molecule has 2 aromatic carbocycles. The van der Waals surface area contributed by atoms with Gasteiger partial charge in [-0.3, -0.25) is 4.79 Å². The summed E-state index contributed by atoms with van der Waals surface area (Å²) in [5, 5.41) is 12.1. The van der Waals surface area contributed by atoms with Crippen LogP contribution in [0.3, 0.4) is 0 Å². The molecule has 128 valence electrons. The summed E-state index contributed by atoms with van der Waals surface area (Å²) in [5.41, 5.74) is 3.12. The number of aromatic hydroxyl groups is 1. The molecular weight excluding hydrogens is 398 g/mol. The molecule has 0 atom stereocenters. The number of benzene rings is 2. The van der Waals surface area contributed by atoms with Crippen molar-refractivity contribution in [2.24, 2.45) is 0 Å². The number of fused-ring (bicyclic) bond motifs is 1. The van der Waals surface area contributed by atoms with E-state index in [1.165, 1.54) is 18.7 Å². The molecule has 0 aliphatic rings. The van der Waals surface area contributed by atoms with Gasteiger partial charge in [0.05, 0.1) is 11.1 Å². The number of carbonyl (C=O) groups excluding carboxylic acids is 1. The summed E-state index contributed by atoms with van der Waals surface area (Å²) in [4.78, 5) is 16.9. The maximum absolute atomic E-state index is 12.2. The monoisotopic (exact) mass is 415 g/mol. The Bertz CT molecular complexity index is 942. The van der Waals surface area contributed by atoms with Crippen LogP contribution in [-0.2, 0) is 12.2 Å². The van der Waals surface area contributed by atoms with Gasteiger partial charge in [-0.2, -0.15) is 0 Å². The highest BCUT2D eigenvalue weighted by molar-refractivity contribution is 9.10. The molecule has 5 heteroatoms. The van der Waals surface area contributed by atoms with Crippen LogP contribution in [0.4, 0.5) is 0 Å². The number of hydrogen-bond donors (Lipinski definition) is 1. The minimum atomic E-state index is -0.176. The first kappa shape index (κ1) is 18.0. The van der Waals surface area contributed by atoms with Gasteiger partial charge < -0.3 is 5.11 Å². The molecule has 0 fully saturated rings. The highest BCUT2D eigenvalue weighted by Crippen LogP contribution is 2.40. The Hall–Kier alpha value is -1.85. The second-order valence-electron chi connectivity index (χ2n) is 5.75. The lowest BCUT2D eigenvalue weighted by Crippen LogP contribution is -2.02. The summed E-state index contributed by atoms with van der Waals surface area (Å²) in [6, 6.07) is 13.9. The van der Waals surface area contributed by atoms with Crippen molar-refractivity contribution in [3.05, 3.63) is 63.6 Å². The van der Waals surface area contributed by atoms with Crippen molar-refractivity contribution >= 4 is 44.4 Å². The highest BCUT2D eigenvalue weighted by Gasteiger charge is 2.21. The van der Waals surface area contributed by atoms with Crippen LogP contribution < -0.4 is 0 Å². The minimum Gasteiger partial charge on any atom is -0.506 e. The Morgan fingerprint density at radius 1 is 1.20 bits per heavy atom. The van der Waals surface area contributed by atoms with Crippen molar-refractivity contribution in [1.29, 1.82) is 0 Å². The van der Waals surface area contributed by atoms with Crippen LogP contribution >= 0.6 is 27.7 Å². The molecule has 1 heterocycles. The van der Waals surface area contributed by atoms with E-state index >= 15 is 0 Å². The Morgan fingerprint density at radius 3 is 2.56 bits per heavy atom. The van der Waals surface area contributed by atoms with E-state index in [9.17, 15) is 9.90 Å². The van der Waals surface area contributed by atoms with E-state index < -0.39 is 0 Å². The molecule has 0 bridgehead atoms. The number of rotatable bonds is 5. The van der Waals surface area contributed by atoms with Gasteiger partial charge in [-0.05, 0) is 46.5 Å². The Balaban J connectivity index is 2.15. The van der Waals surface area contributed by atoms with Crippen LogP contribution in [0.2, 0.25) is 0 Å². The average Bonchev–Trinajstić information content (AvgIpc) is 2.61. The Morgan fingerprint density at radius 2 is 1.92 bits per heavy atom. The lowest BCUT2D eigenvalue weighted by atomic mass is 10.0. The van der Waals surface area contributed by atoms with Crippen molar-refractivity contribution in [2.45, 2.75) is 31.0 Å². The number of halogens is 1. The number of ketones is 1. The molecule has 0 spiro atoms. The zero-order valence-electron chi connectivity index (χ0n) is 14.0. The summed E-state index contributed by atoms with van der Waals surface area (Å²) in [5.74, 6) is 0.542. The van der Waals surface area contributed by atoms with Gasteiger partial charge in [-0.15, -0.1) is 11.8 Å². The normalized spacial score (nSPS) is 11.0. The van der Waals surface area contributed by atoms with Gasteiger partial charge in [0.25, 0.3) is 0 Å². The average molecular weight is 416 g/mol. The van der Waals surface area contributed by atoms with Gasteiger partial charge in [-0.1, -0.05) is 43.3 Å². The third-order valence-corrected chi connectivity index (χ3v) is 5.75. The fraction of sp³-hybridized carbons (Fsp3) is 0.200. The summed E-state index contributed by atoms with van der Waals surface area (Å²) in [6.45, 7) is 3.49. The summed E-state index contributed by atoms with van der Waals surface area (Å²) >= 11 is 4.99. The van der Waals surface area contributed by atoms with Crippen molar-refractivity contribution in [3.63, 3.8) is 0 Å². The Kier molecular flexibility index (Phi) is 5.45. The Labute approximate surface area is 159 Å². The molecule has 0 saturated heterocycles. The van der Waals surface area contributed by atoms with Crippen molar-refractivity contribution in [3.8, 4) is 5.75 Å². The lowest BCUT2D eigenvalue weighted by Gasteiger charge is -2.14. The molecular formula is C20H18BrNO2S. The SMILES string of the molecule is CCc1ccc(Br)c2nc(SCc3ccccc3)c(C(C)=O)c(O)c12. The van der Waals surface area contributed by atoms with Gasteiger partial charge in [-0.25, -0.2) is 4.98 Å². The number of aromatic nitrogens is 1. The van der Waals surface area contributed by atoms with Gasteiger partial charge in [0.2, 0.25) is 0 Å². The number of Topliss-reactive ketones (excluding diaryl/α,β-unsaturated/α-hetero) is 1. The number of thioether (sulfide) groups is 1. The molecule has 0 aliphatic heterocycles. The number of aryl methyl sites for hydroxylation is 1. The molecule has 1 aromatic heterocycles. The summed E-state index contributed by atoms with van der Waals surface area (Å²) < 4.78 is 0.812. The predicted octanol–water partition coefficient (Wildman–Crippen LogP) is 5.76. The third-order valence-electron chi connectivity index (χ3n) is 4.07. The standard InChI is InChI=1S/C20H18BrNO2S/c1-3-14-9-10-15(21)18-17(14)19(24)16(12(2)23)20(22-18)25-11-13-7-5-4-6-8-13/h4-10H,3,11H2,1-2H3,(H,22,24). The van der Waals surface area contributed by atoms with Crippen LogP contribution in [0.25, 0.3) is 10.9 Å². The van der Waals surface area contributed by atoms with Gasteiger partial charge in [0, 0.05) is 15.6 Å². The zero-order chi connectivity index (χ0) is 18.0. The third kappa shape index (κ3) is 3.58. The number of hydrogen-bond acceptors (Lipinski definition) is 4. The maximum atomic E-state index is 12.2. The fourth-order valence-corrected chi connectivity index (χ4v) is 4.26. The molecule has 0 radical (unpaired) electrons. The maximum Gasteiger partial charge on any atom is 0.166 e. The van der Waals surface area contributed by atoms with E-state index in [1.807, 2.05) is 49.4 Å². The van der Waals surface area contributed by atoms with Crippen molar-refractivity contribution < 1.29 is 9.90 Å². The van der Waals surface area contributed by atoms with Crippen molar-refractivity contribution in [1.82, 2.24) is 4.98 Å². The van der Waals surface area contributed by atoms with E-state index in [0.717, 1.165) is 22.0 Å². The fourth-order valence-electron chi connectivity index (χ4n) is 2.81. The second-order valence-corrected chi connectivity index (χ2v) is 7.57. The first-order valence-electron chi connectivity index (χ1n) is 8.04. The van der Waals surface area contributed by atoms with Crippen LogP contribution in [0.5, 0.6) is 5.75 Å². The lowest BCUT2D eigenvalue weighted by molar-refractivity contribution is 0.101. The summed E-state index contributed by atoms with van der Waals surface area (Å²) in [7, 11) is 0. The minimum absolute atomic E-state index is 0.0335. The van der Waals surface area contributed by atoms with Gasteiger partial charge >= 0.3 is 0 Å². The van der Waals surface area contributed by atoms with Crippen molar-refractivity contribution in [2.75, 3.05) is 0 Å². The van der Waals surface area contributed by atoms with Gasteiger partial charge in [0.15, 0.2) is 5.78 Å². The van der Waals surface area contributed by atoms with E-state index in [0.29, 0.717) is 27.2 Å². The van der Waals surface area contributed by atoms with E-state index in [-0.39, 0.29) is 11.5 Å². The van der Waals surface area contributed by atoms with Crippen LogP contribution in [0.15, 0.2) is 52.0 Å². The number of pyridine rings is 1. The summed E-state index contributed by atoms with van der Waals surface area (Å²) in [6.07, 6.45) is 0.757. The number of carbonyl (C=O) groups is 1. The largest absolute Gasteiger partial charge is 0.506 e. The first-order valence-corrected chi connectivity index (χ1v) is 9.82. The van der Waals surface area contributed by atoms with Gasteiger partial charge in [0.1, 0.15) is 10.8 Å². The molecule has 0 aliphatic carbocycles. The molecule has 3 aromatic rings. The topological polar surface area (TPSA) is 50.2 Å². The molecule has 0 saturated carbocycles. The smallest absolute Gasteiger partial charge is 0.166 e. The molecule has 0 unspecified atom stereocenters. The highest BCUT2D eigenvalue weighted by atomic mass is 79.9. The molecule has 1 N–H and O–H groups in total. The zero-order valence-corrected chi connectivity index (χ0v) is 16.4. The van der Waals surface area contributed by atoms with E-state index in [4.69, 9.17) is 4.98 Å². The first-order chi connectivity index (χ1) is 12.0. The molecule has 25 heavy (non-hydrogen) atoms. The van der Waals surface area contributed by atoms with E-state index in [1.54, 1.807) is 0 Å². The molecule has 3 rings (SSSR count). The predicted molar refractivity (Wildman–Crippen MR) is 106 cm³/mol. The van der Waals surface area contributed by atoms with Crippen LogP contribution in [0.1, 0.15) is 35.3 Å². The van der Waals surface area contributed by atoms with E-state index in [2.05, 4.69) is 15.9 Å². The quantitative estimate of drug-likeness (QED) is 0.424. The molecule has 0 amide bonds. The van der Waals surface area contributed by atoms with Crippen LogP contribution in [0, 0.1) is 0 Å². The van der Waals surface area contributed by atoms with Crippen LogP contribution in [-0.4, -0.2) is 15.9 Å². The number of nitrogens with zero attached hydrogens (tertiary/aromatic N) is 1.